The molecule has 0 unspecified atom stereocenters. The number of likely N-dealkylation sites (tertiary alicyclic amines) is 1. The molecular weight excluding hydrogens is 415 g/mol. The largest absolute Gasteiger partial charge is 0.481 e. The number of piperidine rings is 1. The van der Waals surface area contributed by atoms with Crippen LogP contribution in [0.15, 0.2) is 22.7 Å². The summed E-state index contributed by atoms with van der Waals surface area (Å²) in [5.41, 5.74) is 0. The number of rotatable bonds is 5. The van der Waals surface area contributed by atoms with Gasteiger partial charge in [0, 0.05) is 29.5 Å². The summed E-state index contributed by atoms with van der Waals surface area (Å²) >= 11 is 3.18. The van der Waals surface area contributed by atoms with Crippen molar-refractivity contribution in [3.8, 4) is 5.75 Å². The minimum Gasteiger partial charge on any atom is -0.481 e. The average Bonchev–Trinajstić information content (AvgIpc) is 2.68. The Morgan fingerprint density at radius 3 is 2.52 bits per heavy atom. The van der Waals surface area contributed by atoms with Crippen molar-refractivity contribution in [1.29, 1.82) is 0 Å². The topological polar surface area (TPSA) is 58.6 Å². The van der Waals surface area contributed by atoms with E-state index in [0.717, 1.165) is 38.5 Å². The summed E-state index contributed by atoms with van der Waals surface area (Å²) in [6, 6.07) is 4.48. The summed E-state index contributed by atoms with van der Waals surface area (Å²) in [4.78, 5) is 26.6. The lowest BCUT2D eigenvalue weighted by atomic mass is 9.87. The van der Waals surface area contributed by atoms with E-state index in [-0.39, 0.29) is 36.1 Å². The Morgan fingerprint density at radius 1 is 1.15 bits per heavy atom. The Kier molecular flexibility index (Phi) is 7.10. The van der Waals surface area contributed by atoms with Gasteiger partial charge in [0.15, 0.2) is 18.2 Å². The van der Waals surface area contributed by atoms with E-state index in [1.165, 1.54) is 18.6 Å². The molecule has 3 rings (SSSR count). The van der Waals surface area contributed by atoms with Gasteiger partial charge >= 0.3 is 0 Å². The molecule has 0 bridgehead atoms. The van der Waals surface area contributed by atoms with Gasteiger partial charge in [0.2, 0.25) is 5.91 Å². The first-order valence-electron chi connectivity index (χ1n) is 9.69. The Labute approximate surface area is 167 Å². The number of ether oxygens (including phenoxy) is 1. The monoisotopic (exact) mass is 440 g/mol. The lowest BCUT2D eigenvalue weighted by molar-refractivity contribution is -0.137. The van der Waals surface area contributed by atoms with Crippen molar-refractivity contribution in [2.45, 2.75) is 51.0 Å². The minimum absolute atomic E-state index is 0.0336. The second-order valence-corrected chi connectivity index (χ2v) is 8.28. The van der Waals surface area contributed by atoms with Gasteiger partial charge in [-0.3, -0.25) is 9.59 Å². The van der Waals surface area contributed by atoms with Crippen molar-refractivity contribution in [3.05, 3.63) is 28.5 Å². The first-order chi connectivity index (χ1) is 13.0. The molecule has 1 saturated heterocycles. The lowest BCUT2D eigenvalue weighted by Gasteiger charge is -2.35. The molecule has 2 fully saturated rings. The molecule has 148 valence electrons. The first kappa shape index (κ1) is 20.1. The van der Waals surface area contributed by atoms with E-state index in [1.807, 2.05) is 4.90 Å². The molecule has 5 nitrogen and oxygen atoms in total. The molecule has 27 heavy (non-hydrogen) atoms. The van der Waals surface area contributed by atoms with E-state index in [0.29, 0.717) is 17.6 Å². The van der Waals surface area contributed by atoms with Gasteiger partial charge in [-0.05, 0) is 43.9 Å². The highest BCUT2D eigenvalue weighted by atomic mass is 79.9. The summed E-state index contributed by atoms with van der Waals surface area (Å²) in [5, 5.41) is 2.93. The van der Waals surface area contributed by atoms with Gasteiger partial charge in [-0.2, -0.15) is 0 Å². The summed E-state index contributed by atoms with van der Waals surface area (Å²) in [5.74, 6) is -0.241. The van der Waals surface area contributed by atoms with Gasteiger partial charge in [0.1, 0.15) is 0 Å². The van der Waals surface area contributed by atoms with Crippen LogP contribution in [0.4, 0.5) is 4.39 Å². The molecule has 1 N–H and O–H groups in total. The van der Waals surface area contributed by atoms with E-state index < -0.39 is 5.82 Å². The second kappa shape index (κ2) is 9.53. The number of carbonyl (C=O) groups is 2. The third-order valence-corrected chi connectivity index (χ3v) is 5.87. The Bertz CT molecular complexity index is 671. The summed E-state index contributed by atoms with van der Waals surface area (Å²) < 4.78 is 19.6. The molecule has 0 radical (unpaired) electrons. The maximum atomic E-state index is 13.7. The zero-order chi connectivity index (χ0) is 19.2. The van der Waals surface area contributed by atoms with Gasteiger partial charge in [0.25, 0.3) is 5.91 Å². The molecule has 2 amide bonds. The first-order valence-corrected chi connectivity index (χ1v) is 10.5. The number of halogens is 2. The number of nitrogens with one attached hydrogen (secondary N) is 1. The molecule has 1 aliphatic carbocycles. The molecule has 1 aromatic rings. The van der Waals surface area contributed by atoms with Crippen molar-refractivity contribution in [3.63, 3.8) is 0 Å². The second-order valence-electron chi connectivity index (χ2n) is 7.37. The minimum atomic E-state index is -0.508. The number of nitrogens with zero attached hydrogens (tertiary/aromatic N) is 1. The highest BCUT2D eigenvalue weighted by molar-refractivity contribution is 9.10. The smallest absolute Gasteiger partial charge is 0.258 e. The van der Waals surface area contributed by atoms with Crippen LogP contribution >= 0.6 is 15.9 Å². The average molecular weight is 441 g/mol. The van der Waals surface area contributed by atoms with Gasteiger partial charge in [-0.15, -0.1) is 0 Å². The van der Waals surface area contributed by atoms with E-state index in [1.54, 1.807) is 6.07 Å². The van der Waals surface area contributed by atoms with E-state index in [9.17, 15) is 14.0 Å². The van der Waals surface area contributed by atoms with Crippen molar-refractivity contribution in [1.82, 2.24) is 10.2 Å². The van der Waals surface area contributed by atoms with Crippen LogP contribution < -0.4 is 10.1 Å². The third kappa shape index (κ3) is 5.67. The van der Waals surface area contributed by atoms with E-state index >= 15 is 0 Å². The van der Waals surface area contributed by atoms with E-state index in [2.05, 4.69) is 21.2 Å². The van der Waals surface area contributed by atoms with Gasteiger partial charge in [0.05, 0.1) is 0 Å². The zero-order valence-electron chi connectivity index (χ0n) is 15.4. The molecule has 1 saturated carbocycles. The molecule has 7 heteroatoms. The standard InChI is InChI=1S/C20H26BrFN2O3/c21-15-6-7-18(17(22)12-15)27-13-19(25)23-16-8-10-24(11-9-16)20(26)14-4-2-1-3-5-14/h6-7,12,14,16H,1-5,8-11,13H2,(H,23,25). The van der Waals surface area contributed by atoms with E-state index in [4.69, 9.17) is 4.74 Å². The van der Waals surface area contributed by atoms with Crippen LogP contribution in [0.25, 0.3) is 0 Å². The van der Waals surface area contributed by atoms with Gasteiger partial charge in [-0.1, -0.05) is 35.2 Å². The fourth-order valence-corrected chi connectivity index (χ4v) is 4.19. The predicted molar refractivity (Wildman–Crippen MR) is 104 cm³/mol. The van der Waals surface area contributed by atoms with Crippen LogP contribution in [0, 0.1) is 11.7 Å². The molecule has 1 aliphatic heterocycles. The van der Waals surface area contributed by atoms with Crippen LogP contribution in [-0.2, 0) is 9.59 Å². The van der Waals surface area contributed by atoms with Crippen molar-refractivity contribution in [2.24, 2.45) is 5.92 Å². The molecule has 2 aliphatic rings. The van der Waals surface area contributed by atoms with Crippen molar-refractivity contribution in [2.75, 3.05) is 19.7 Å². The summed E-state index contributed by atoms with van der Waals surface area (Å²) in [6.07, 6.45) is 7.07. The maximum absolute atomic E-state index is 13.7. The Morgan fingerprint density at radius 2 is 1.85 bits per heavy atom. The SMILES string of the molecule is O=C(COc1ccc(Br)cc1F)NC1CCN(C(=O)C2CCCCC2)CC1. The number of hydrogen-bond acceptors (Lipinski definition) is 3. The molecule has 0 aromatic heterocycles. The third-order valence-electron chi connectivity index (χ3n) is 5.38. The van der Waals surface area contributed by atoms with Crippen LogP contribution in [0.1, 0.15) is 44.9 Å². The zero-order valence-corrected chi connectivity index (χ0v) is 17.0. The van der Waals surface area contributed by atoms with Crippen molar-refractivity contribution >= 4 is 27.7 Å². The summed E-state index contributed by atoms with van der Waals surface area (Å²) in [6.45, 7) is 1.14. The Hall–Kier alpha value is -1.63. The quantitative estimate of drug-likeness (QED) is 0.759. The van der Waals surface area contributed by atoms with Crippen LogP contribution in [0.5, 0.6) is 5.75 Å². The number of benzene rings is 1. The molecule has 0 atom stereocenters. The van der Waals surface area contributed by atoms with Gasteiger partial charge in [-0.25, -0.2) is 4.39 Å². The maximum Gasteiger partial charge on any atom is 0.258 e. The molecule has 1 heterocycles. The van der Waals surface area contributed by atoms with Crippen LogP contribution in [0.3, 0.4) is 0 Å². The normalized spacial score (nSPS) is 19.0. The highest BCUT2D eigenvalue weighted by Gasteiger charge is 2.29. The lowest BCUT2D eigenvalue weighted by Crippen LogP contribution is -2.49. The fraction of sp³-hybridized carbons (Fsp3) is 0.600. The van der Waals surface area contributed by atoms with Crippen LogP contribution in [0.2, 0.25) is 0 Å². The summed E-state index contributed by atoms with van der Waals surface area (Å²) in [7, 11) is 0. The van der Waals surface area contributed by atoms with Crippen molar-refractivity contribution < 1.29 is 18.7 Å². The highest BCUT2D eigenvalue weighted by Crippen LogP contribution is 2.26. The molecule has 0 spiro atoms. The van der Waals surface area contributed by atoms with Crippen LogP contribution in [-0.4, -0.2) is 42.5 Å². The number of carbonyl (C=O) groups excluding carboxylic acids is 2. The predicted octanol–water partition coefficient (Wildman–Crippen LogP) is 3.65. The van der Waals surface area contributed by atoms with Gasteiger partial charge < -0.3 is 15.0 Å². The number of amides is 2. The number of hydrogen-bond donors (Lipinski definition) is 1. The fourth-order valence-electron chi connectivity index (χ4n) is 3.86. The molecule has 1 aromatic carbocycles. The Balaban J connectivity index is 1.39. The molecular formula is C20H26BrFN2O3.